The third kappa shape index (κ3) is 5.27. The van der Waals surface area contributed by atoms with Crippen molar-refractivity contribution in [3.05, 3.63) is 29.8 Å². The molecule has 0 spiro atoms. The van der Waals surface area contributed by atoms with Crippen LogP contribution in [0.2, 0.25) is 0 Å². The van der Waals surface area contributed by atoms with Gasteiger partial charge in [-0.25, -0.2) is 13.6 Å². The molecule has 5 nitrogen and oxygen atoms in total. The minimum absolute atomic E-state index is 0.101. The fourth-order valence-corrected chi connectivity index (χ4v) is 1.83. The molecule has 1 aromatic rings. The van der Waals surface area contributed by atoms with E-state index in [1.807, 2.05) is 0 Å². The second-order valence-corrected chi connectivity index (χ2v) is 6.17. The van der Waals surface area contributed by atoms with Crippen molar-refractivity contribution in [2.75, 3.05) is 6.54 Å². The summed E-state index contributed by atoms with van der Waals surface area (Å²) in [5.74, 6) is 0. The zero-order chi connectivity index (χ0) is 13.1. The van der Waals surface area contributed by atoms with Crippen LogP contribution in [0.3, 0.4) is 0 Å². The van der Waals surface area contributed by atoms with Crippen LogP contribution in [0, 0.1) is 0 Å². The van der Waals surface area contributed by atoms with Crippen LogP contribution in [0.1, 0.15) is 19.4 Å². The van der Waals surface area contributed by atoms with E-state index in [1.165, 1.54) is 12.1 Å². The Hall–Kier alpha value is -0.950. The number of primary sulfonamides is 1. The summed E-state index contributed by atoms with van der Waals surface area (Å²) >= 11 is 0. The van der Waals surface area contributed by atoms with Crippen LogP contribution in [0.15, 0.2) is 29.2 Å². The third-order valence-electron chi connectivity index (χ3n) is 2.14. The van der Waals surface area contributed by atoms with Crippen LogP contribution in [0.25, 0.3) is 0 Å². The molecule has 0 aliphatic carbocycles. The first-order valence-corrected chi connectivity index (χ1v) is 6.78. The smallest absolute Gasteiger partial charge is 0.238 e. The van der Waals surface area contributed by atoms with E-state index in [-0.39, 0.29) is 4.90 Å². The van der Waals surface area contributed by atoms with E-state index >= 15 is 0 Å². The van der Waals surface area contributed by atoms with Crippen LogP contribution in [0.4, 0.5) is 0 Å². The highest BCUT2D eigenvalue weighted by Gasteiger charge is 2.11. The number of benzene rings is 1. The summed E-state index contributed by atoms with van der Waals surface area (Å²) in [6, 6.07) is 6.32. The monoisotopic (exact) mass is 258 g/mol. The zero-order valence-electron chi connectivity index (χ0n) is 9.97. The molecule has 4 N–H and O–H groups in total. The molecule has 0 aliphatic rings. The Kier molecular flexibility index (Phi) is 4.26. The molecule has 1 rings (SSSR count). The molecule has 0 unspecified atom stereocenters. The SMILES string of the molecule is CC(C)(O)CNCc1ccc(S(N)(=O)=O)cc1. The molecule has 0 heterocycles. The summed E-state index contributed by atoms with van der Waals surface area (Å²) in [6.07, 6.45) is 0. The highest BCUT2D eigenvalue weighted by atomic mass is 32.2. The van der Waals surface area contributed by atoms with Crippen molar-refractivity contribution in [3.8, 4) is 0 Å². The topological polar surface area (TPSA) is 92.4 Å². The molecule has 0 aliphatic heterocycles. The van der Waals surface area contributed by atoms with Crippen molar-refractivity contribution in [3.63, 3.8) is 0 Å². The largest absolute Gasteiger partial charge is 0.389 e. The maximum absolute atomic E-state index is 11.0. The predicted molar refractivity (Wildman–Crippen MR) is 65.8 cm³/mol. The van der Waals surface area contributed by atoms with Crippen molar-refractivity contribution < 1.29 is 13.5 Å². The van der Waals surface area contributed by atoms with Crippen molar-refractivity contribution in [1.29, 1.82) is 0 Å². The number of sulfonamides is 1. The van der Waals surface area contributed by atoms with Crippen LogP contribution in [-0.4, -0.2) is 25.7 Å². The lowest BCUT2D eigenvalue weighted by molar-refractivity contribution is 0.0795. The van der Waals surface area contributed by atoms with Gasteiger partial charge >= 0.3 is 0 Å². The molecule has 0 fully saturated rings. The Bertz CT molecular complexity index is 460. The van der Waals surface area contributed by atoms with Gasteiger partial charge in [-0.05, 0) is 31.5 Å². The lowest BCUT2D eigenvalue weighted by Crippen LogP contribution is -2.34. The normalized spacial score (nSPS) is 12.7. The molecule has 0 aromatic heterocycles. The molecule has 96 valence electrons. The van der Waals surface area contributed by atoms with E-state index in [4.69, 9.17) is 5.14 Å². The van der Waals surface area contributed by atoms with Gasteiger partial charge in [0.05, 0.1) is 10.5 Å². The van der Waals surface area contributed by atoms with Gasteiger partial charge in [0, 0.05) is 13.1 Å². The fraction of sp³-hybridized carbons (Fsp3) is 0.455. The summed E-state index contributed by atoms with van der Waals surface area (Å²) in [7, 11) is -3.62. The number of hydrogen-bond donors (Lipinski definition) is 3. The Morgan fingerprint density at radius 2 is 1.82 bits per heavy atom. The molecule has 0 saturated carbocycles. The highest BCUT2D eigenvalue weighted by molar-refractivity contribution is 7.89. The van der Waals surface area contributed by atoms with Gasteiger partial charge in [0.15, 0.2) is 0 Å². The molecule has 0 atom stereocenters. The van der Waals surface area contributed by atoms with Gasteiger partial charge in [-0.3, -0.25) is 0 Å². The molecule has 17 heavy (non-hydrogen) atoms. The number of hydrogen-bond acceptors (Lipinski definition) is 4. The molecular formula is C11H18N2O3S. The molecular weight excluding hydrogens is 240 g/mol. The lowest BCUT2D eigenvalue weighted by Gasteiger charge is -2.17. The Labute approximate surface area is 102 Å². The second kappa shape index (κ2) is 5.14. The first-order valence-electron chi connectivity index (χ1n) is 5.23. The van der Waals surface area contributed by atoms with Gasteiger partial charge in [0.25, 0.3) is 0 Å². The summed E-state index contributed by atoms with van der Waals surface area (Å²) in [5, 5.41) is 17.5. The molecule has 1 aromatic carbocycles. The van der Waals surface area contributed by atoms with Crippen molar-refractivity contribution in [2.45, 2.75) is 30.9 Å². The van der Waals surface area contributed by atoms with E-state index < -0.39 is 15.6 Å². The molecule has 0 amide bonds. The standard InChI is InChI=1S/C11H18N2O3S/c1-11(2,14)8-13-7-9-3-5-10(6-4-9)17(12,15)16/h3-6,13-14H,7-8H2,1-2H3,(H2,12,15,16). The predicted octanol–water partition coefficient (Wildman–Crippen LogP) is 0.195. The van der Waals surface area contributed by atoms with E-state index in [1.54, 1.807) is 26.0 Å². The number of rotatable bonds is 5. The molecule has 0 bridgehead atoms. The number of nitrogens with two attached hydrogens (primary N) is 1. The first-order chi connectivity index (χ1) is 7.68. The summed E-state index contributed by atoms with van der Waals surface area (Å²) < 4.78 is 22.0. The van der Waals surface area contributed by atoms with Gasteiger partial charge in [0.1, 0.15) is 0 Å². The number of aliphatic hydroxyl groups is 1. The number of nitrogens with one attached hydrogen (secondary N) is 1. The first kappa shape index (κ1) is 14.1. The maximum Gasteiger partial charge on any atom is 0.238 e. The van der Waals surface area contributed by atoms with Crippen molar-refractivity contribution in [2.24, 2.45) is 5.14 Å². The average molecular weight is 258 g/mol. The fourth-order valence-electron chi connectivity index (χ4n) is 1.31. The molecule has 6 heteroatoms. The third-order valence-corrected chi connectivity index (χ3v) is 3.07. The highest BCUT2D eigenvalue weighted by Crippen LogP contribution is 2.08. The Balaban J connectivity index is 2.58. The molecule has 0 radical (unpaired) electrons. The van der Waals surface area contributed by atoms with Crippen LogP contribution in [-0.2, 0) is 16.6 Å². The lowest BCUT2D eigenvalue weighted by atomic mass is 10.1. The van der Waals surface area contributed by atoms with Gasteiger partial charge < -0.3 is 10.4 Å². The molecule has 0 saturated heterocycles. The zero-order valence-corrected chi connectivity index (χ0v) is 10.8. The minimum atomic E-state index is -3.62. The minimum Gasteiger partial charge on any atom is -0.389 e. The van der Waals surface area contributed by atoms with Crippen LogP contribution in [0.5, 0.6) is 0 Å². The van der Waals surface area contributed by atoms with Crippen molar-refractivity contribution in [1.82, 2.24) is 5.32 Å². The maximum atomic E-state index is 11.0. The summed E-state index contributed by atoms with van der Waals surface area (Å²) in [6.45, 7) is 4.45. The van der Waals surface area contributed by atoms with Gasteiger partial charge in [-0.15, -0.1) is 0 Å². The van der Waals surface area contributed by atoms with Crippen LogP contribution < -0.4 is 10.5 Å². The van der Waals surface area contributed by atoms with E-state index in [0.29, 0.717) is 13.1 Å². The Morgan fingerprint density at radius 3 is 2.24 bits per heavy atom. The van der Waals surface area contributed by atoms with Crippen molar-refractivity contribution >= 4 is 10.0 Å². The van der Waals surface area contributed by atoms with E-state index in [0.717, 1.165) is 5.56 Å². The Morgan fingerprint density at radius 1 is 1.29 bits per heavy atom. The average Bonchev–Trinajstić information content (AvgIpc) is 2.15. The van der Waals surface area contributed by atoms with Gasteiger partial charge in [-0.1, -0.05) is 12.1 Å². The summed E-state index contributed by atoms with van der Waals surface area (Å²) in [5.41, 5.74) is 0.169. The van der Waals surface area contributed by atoms with Gasteiger partial charge in [-0.2, -0.15) is 0 Å². The summed E-state index contributed by atoms with van der Waals surface area (Å²) in [4.78, 5) is 0.101. The quantitative estimate of drug-likeness (QED) is 0.703. The van der Waals surface area contributed by atoms with Crippen LogP contribution >= 0.6 is 0 Å². The van der Waals surface area contributed by atoms with E-state index in [2.05, 4.69) is 5.32 Å². The second-order valence-electron chi connectivity index (χ2n) is 4.60. The van der Waals surface area contributed by atoms with Gasteiger partial charge in [0.2, 0.25) is 10.0 Å². The van der Waals surface area contributed by atoms with E-state index in [9.17, 15) is 13.5 Å².